The Labute approximate surface area is 205 Å². The number of carbonyl (C=O) groups is 1. The summed E-state index contributed by atoms with van der Waals surface area (Å²) in [6.07, 6.45) is 1.87. The molecule has 0 spiro atoms. The number of non-ortho nitro benzene ring substituents is 1. The molecule has 3 rings (SSSR count). The molecule has 0 aromatic heterocycles. The first kappa shape index (κ1) is 24.2. The van der Waals surface area contributed by atoms with Crippen LogP contribution >= 0.6 is 34.4 Å². The molecule has 1 heterocycles. The van der Waals surface area contributed by atoms with Crippen LogP contribution in [0.4, 0.5) is 5.69 Å². The van der Waals surface area contributed by atoms with E-state index in [0.29, 0.717) is 10.7 Å². The van der Waals surface area contributed by atoms with Crippen molar-refractivity contribution in [1.82, 2.24) is 4.90 Å². The van der Waals surface area contributed by atoms with Crippen LogP contribution in [0.25, 0.3) is 6.08 Å². The Balaban J connectivity index is 1.76. The summed E-state index contributed by atoms with van der Waals surface area (Å²) in [4.78, 5) is 30.4. The molecule has 0 aliphatic carbocycles. The van der Waals surface area contributed by atoms with E-state index in [1.165, 1.54) is 23.9 Å². The fraction of sp³-hybridized carbons (Fsp3) is 0.304. The number of ether oxygens (including phenoxy) is 1. The largest absolute Gasteiger partial charge is 0.488 e. The van der Waals surface area contributed by atoms with Crippen molar-refractivity contribution in [3.05, 3.63) is 72.2 Å². The number of hydrogen-bond acceptors (Lipinski definition) is 6. The first-order chi connectivity index (χ1) is 15.2. The Kier molecular flexibility index (Phi) is 7.94. The van der Waals surface area contributed by atoms with Gasteiger partial charge in [-0.15, -0.1) is 0 Å². The van der Waals surface area contributed by atoms with Crippen LogP contribution in [-0.4, -0.2) is 33.0 Å². The molecule has 1 aliphatic heterocycles. The number of rotatable bonds is 7. The van der Waals surface area contributed by atoms with Crippen molar-refractivity contribution in [2.24, 2.45) is 4.99 Å². The summed E-state index contributed by atoms with van der Waals surface area (Å²) >= 11 is 3.58. The van der Waals surface area contributed by atoms with Gasteiger partial charge in [-0.3, -0.25) is 24.8 Å². The number of amides is 1. The van der Waals surface area contributed by atoms with Crippen molar-refractivity contribution in [3.63, 3.8) is 0 Å². The highest BCUT2D eigenvalue weighted by molar-refractivity contribution is 14.1. The summed E-state index contributed by atoms with van der Waals surface area (Å²) in [5.41, 5.74) is 1.65. The molecule has 0 radical (unpaired) electrons. The van der Waals surface area contributed by atoms with E-state index in [1.54, 1.807) is 17.0 Å². The van der Waals surface area contributed by atoms with Crippen molar-refractivity contribution >= 4 is 57.2 Å². The normalized spacial score (nSPS) is 16.6. The lowest BCUT2D eigenvalue weighted by Gasteiger charge is -2.20. The molecular formula is C23H24IN3O4S. The zero-order valence-corrected chi connectivity index (χ0v) is 21.2. The highest BCUT2D eigenvalue weighted by Crippen LogP contribution is 2.35. The Morgan fingerprint density at radius 1 is 1.22 bits per heavy atom. The third-order valence-corrected chi connectivity index (χ3v) is 6.33. The van der Waals surface area contributed by atoms with Crippen LogP contribution in [0.2, 0.25) is 0 Å². The quantitative estimate of drug-likeness (QED) is 0.182. The van der Waals surface area contributed by atoms with Gasteiger partial charge in [0.1, 0.15) is 12.4 Å². The highest BCUT2D eigenvalue weighted by atomic mass is 127. The second kappa shape index (κ2) is 10.5. The summed E-state index contributed by atoms with van der Waals surface area (Å²) in [5.74, 6) is 0.640. The van der Waals surface area contributed by atoms with Crippen LogP contribution in [0.15, 0.2) is 52.4 Å². The van der Waals surface area contributed by atoms with Gasteiger partial charge in [0.2, 0.25) is 0 Å². The first-order valence-electron chi connectivity index (χ1n) is 10.1. The van der Waals surface area contributed by atoms with Gasteiger partial charge in [0, 0.05) is 24.2 Å². The van der Waals surface area contributed by atoms with E-state index < -0.39 is 4.92 Å². The van der Waals surface area contributed by atoms with Crippen molar-refractivity contribution in [2.75, 3.05) is 0 Å². The third kappa shape index (κ3) is 5.89. The van der Waals surface area contributed by atoms with Gasteiger partial charge < -0.3 is 4.74 Å². The second-order valence-corrected chi connectivity index (χ2v) is 9.96. The molecule has 0 atom stereocenters. The maximum atomic E-state index is 12.9. The summed E-state index contributed by atoms with van der Waals surface area (Å²) in [7, 11) is 0. The molecule has 32 heavy (non-hydrogen) atoms. The van der Waals surface area contributed by atoms with Gasteiger partial charge in [-0.05, 0) is 91.4 Å². The van der Waals surface area contributed by atoms with E-state index in [4.69, 9.17) is 4.74 Å². The predicted octanol–water partition coefficient (Wildman–Crippen LogP) is 5.87. The number of amidine groups is 1. The minimum atomic E-state index is -0.421. The number of nitrogens with zero attached hydrogens (tertiary/aromatic N) is 3. The molecule has 1 aliphatic rings. The molecule has 1 saturated heterocycles. The second-order valence-electron chi connectivity index (χ2n) is 7.79. The summed E-state index contributed by atoms with van der Waals surface area (Å²) in [5, 5.41) is 11.7. The van der Waals surface area contributed by atoms with Crippen molar-refractivity contribution < 1.29 is 14.5 Å². The maximum absolute atomic E-state index is 12.9. The minimum Gasteiger partial charge on any atom is -0.488 e. The van der Waals surface area contributed by atoms with Crippen LogP contribution in [0, 0.1) is 13.7 Å². The zero-order chi connectivity index (χ0) is 23.4. The zero-order valence-electron chi connectivity index (χ0n) is 18.2. The SMILES string of the molecule is CC(C)N=C1S/C(=C/c2ccc(OCc3cccc([N+](=O)[O-])c3)c(I)c2)C(=O)N1C(C)C. The predicted molar refractivity (Wildman–Crippen MR) is 137 cm³/mol. The molecule has 1 amide bonds. The van der Waals surface area contributed by atoms with Crippen molar-refractivity contribution in [2.45, 2.75) is 46.4 Å². The summed E-state index contributed by atoms with van der Waals surface area (Å²) in [6, 6.07) is 12.2. The number of benzene rings is 2. The smallest absolute Gasteiger partial charge is 0.269 e. The van der Waals surface area contributed by atoms with Crippen LogP contribution in [0.1, 0.15) is 38.8 Å². The molecule has 0 unspecified atom stereocenters. The van der Waals surface area contributed by atoms with E-state index in [-0.39, 0.29) is 30.3 Å². The monoisotopic (exact) mass is 565 g/mol. The highest BCUT2D eigenvalue weighted by Gasteiger charge is 2.35. The van der Waals surface area contributed by atoms with Crippen LogP contribution in [-0.2, 0) is 11.4 Å². The number of aliphatic imine (C=N–C) groups is 1. The van der Waals surface area contributed by atoms with Gasteiger partial charge >= 0.3 is 0 Å². The molecule has 2 aromatic rings. The molecule has 1 fully saturated rings. The van der Waals surface area contributed by atoms with Crippen LogP contribution in [0.5, 0.6) is 5.75 Å². The van der Waals surface area contributed by atoms with Gasteiger partial charge in [0.25, 0.3) is 11.6 Å². The molecule has 0 N–H and O–H groups in total. The molecule has 0 saturated carbocycles. The lowest BCUT2D eigenvalue weighted by atomic mass is 10.2. The number of hydrogen-bond donors (Lipinski definition) is 0. The molecular weight excluding hydrogens is 541 g/mol. The maximum Gasteiger partial charge on any atom is 0.269 e. The fourth-order valence-electron chi connectivity index (χ4n) is 3.05. The Morgan fingerprint density at radius 3 is 2.59 bits per heavy atom. The van der Waals surface area contributed by atoms with Crippen molar-refractivity contribution in [1.29, 1.82) is 0 Å². The fourth-order valence-corrected chi connectivity index (χ4v) is 4.98. The number of carbonyl (C=O) groups excluding carboxylic acids is 1. The molecule has 9 heteroatoms. The average Bonchev–Trinajstić information content (AvgIpc) is 3.01. The van der Waals surface area contributed by atoms with E-state index in [2.05, 4.69) is 27.6 Å². The van der Waals surface area contributed by atoms with Gasteiger partial charge in [-0.1, -0.05) is 18.2 Å². The van der Waals surface area contributed by atoms with Crippen LogP contribution in [0.3, 0.4) is 0 Å². The Hall–Kier alpha value is -2.40. The van der Waals surface area contributed by atoms with Gasteiger partial charge in [-0.2, -0.15) is 0 Å². The summed E-state index contributed by atoms with van der Waals surface area (Å²) < 4.78 is 6.75. The number of nitro benzene ring substituents is 1. The van der Waals surface area contributed by atoms with Crippen molar-refractivity contribution in [3.8, 4) is 5.75 Å². The lowest BCUT2D eigenvalue weighted by molar-refractivity contribution is -0.384. The number of thioether (sulfide) groups is 1. The van der Waals surface area contributed by atoms with E-state index >= 15 is 0 Å². The Bertz CT molecular complexity index is 1100. The Morgan fingerprint density at radius 2 is 1.97 bits per heavy atom. The summed E-state index contributed by atoms with van der Waals surface area (Å²) in [6.45, 7) is 8.17. The minimum absolute atomic E-state index is 0.0307. The number of halogens is 1. The van der Waals surface area contributed by atoms with Gasteiger partial charge in [0.15, 0.2) is 5.17 Å². The molecule has 0 bridgehead atoms. The lowest BCUT2D eigenvalue weighted by Crippen LogP contribution is -2.35. The van der Waals surface area contributed by atoms with Crippen LogP contribution < -0.4 is 4.74 Å². The topological polar surface area (TPSA) is 85.0 Å². The molecule has 2 aromatic carbocycles. The molecule has 7 nitrogen and oxygen atoms in total. The average molecular weight is 565 g/mol. The van der Waals surface area contributed by atoms with Gasteiger partial charge in [-0.25, -0.2) is 0 Å². The third-order valence-electron chi connectivity index (χ3n) is 4.49. The van der Waals surface area contributed by atoms with E-state index in [1.807, 2.05) is 52.0 Å². The van der Waals surface area contributed by atoms with E-state index in [0.717, 1.165) is 19.9 Å². The molecule has 168 valence electrons. The van der Waals surface area contributed by atoms with Gasteiger partial charge in [0.05, 0.1) is 13.4 Å². The number of nitro groups is 1. The first-order valence-corrected chi connectivity index (χ1v) is 12.0. The standard InChI is InChI=1S/C23H24IN3O4S/c1-14(2)25-23-26(15(3)4)22(28)21(32-23)12-16-8-9-20(19(24)11-16)31-13-17-6-5-7-18(10-17)27(29)30/h5-12,14-15H,13H2,1-4H3/b21-12+,25-23?. The van der Waals surface area contributed by atoms with E-state index in [9.17, 15) is 14.9 Å².